The largest absolute Gasteiger partial charge is 0.444 e. The van der Waals surface area contributed by atoms with Gasteiger partial charge in [0.05, 0.1) is 11.1 Å². The number of nitrogens with one attached hydrogen (secondary N) is 3. The van der Waals surface area contributed by atoms with Gasteiger partial charge in [0.25, 0.3) is 5.91 Å². The van der Waals surface area contributed by atoms with Gasteiger partial charge in [0.1, 0.15) is 12.1 Å². The van der Waals surface area contributed by atoms with E-state index in [1.165, 1.54) is 36.4 Å². The number of anilines is 2. The summed E-state index contributed by atoms with van der Waals surface area (Å²) in [7, 11) is 0. The molecule has 166 valence electrons. The first-order valence-corrected chi connectivity index (χ1v) is 9.19. The monoisotopic (exact) mass is 437 g/mol. The summed E-state index contributed by atoms with van der Waals surface area (Å²) in [6, 6.07) is 10.2. The van der Waals surface area contributed by atoms with Crippen LogP contribution in [0.1, 0.15) is 36.7 Å². The number of hydrogen-bond acceptors (Lipinski definition) is 4. The van der Waals surface area contributed by atoms with Gasteiger partial charge in [0, 0.05) is 11.4 Å². The minimum absolute atomic E-state index is 0.242. The molecule has 0 aliphatic carbocycles. The SMILES string of the molecule is CC(C)(C)OC(=O)NCC(=O)Nc1ccc(NC(=O)c2ccccc2C(F)(F)F)cc1. The third-order valence-electron chi connectivity index (χ3n) is 3.70. The van der Waals surface area contributed by atoms with Crippen LogP contribution in [-0.4, -0.2) is 30.1 Å². The van der Waals surface area contributed by atoms with Gasteiger partial charge in [-0.25, -0.2) is 4.79 Å². The van der Waals surface area contributed by atoms with Gasteiger partial charge in [-0.3, -0.25) is 9.59 Å². The third-order valence-corrected chi connectivity index (χ3v) is 3.70. The summed E-state index contributed by atoms with van der Waals surface area (Å²) < 4.78 is 44.2. The number of amides is 3. The van der Waals surface area contributed by atoms with E-state index >= 15 is 0 Å². The summed E-state index contributed by atoms with van der Waals surface area (Å²) >= 11 is 0. The quantitative estimate of drug-likeness (QED) is 0.645. The standard InChI is InChI=1S/C21H22F3N3O4/c1-20(2,3)31-19(30)25-12-17(28)26-13-8-10-14(11-9-13)27-18(29)15-6-4-5-7-16(15)21(22,23)24/h4-11H,12H2,1-3H3,(H,25,30)(H,26,28)(H,27,29). The molecule has 7 nitrogen and oxygen atoms in total. The third kappa shape index (κ3) is 7.65. The van der Waals surface area contributed by atoms with Gasteiger partial charge in [0.15, 0.2) is 0 Å². The Morgan fingerprint density at radius 1 is 0.871 bits per heavy atom. The average Bonchev–Trinajstić information content (AvgIpc) is 2.66. The summed E-state index contributed by atoms with van der Waals surface area (Å²) in [5.74, 6) is -1.42. The van der Waals surface area contributed by atoms with Gasteiger partial charge in [-0.1, -0.05) is 12.1 Å². The van der Waals surface area contributed by atoms with E-state index in [1.807, 2.05) is 0 Å². The maximum Gasteiger partial charge on any atom is 0.417 e. The summed E-state index contributed by atoms with van der Waals surface area (Å²) in [4.78, 5) is 35.7. The lowest BCUT2D eigenvalue weighted by atomic mass is 10.1. The molecule has 0 saturated carbocycles. The lowest BCUT2D eigenvalue weighted by Gasteiger charge is -2.19. The molecule has 0 radical (unpaired) electrons. The Labute approximate surface area is 177 Å². The second kappa shape index (κ2) is 9.50. The smallest absolute Gasteiger partial charge is 0.417 e. The van der Waals surface area contributed by atoms with Crippen molar-refractivity contribution in [1.29, 1.82) is 0 Å². The summed E-state index contributed by atoms with van der Waals surface area (Å²) in [5, 5.41) is 7.23. The molecule has 2 rings (SSSR count). The van der Waals surface area contributed by atoms with Crippen LogP contribution in [0.25, 0.3) is 0 Å². The number of carbonyl (C=O) groups excluding carboxylic acids is 3. The van der Waals surface area contributed by atoms with E-state index in [-0.39, 0.29) is 12.2 Å². The Balaban J connectivity index is 1.93. The topological polar surface area (TPSA) is 96.5 Å². The molecule has 0 saturated heterocycles. The fraction of sp³-hybridized carbons (Fsp3) is 0.286. The fourth-order valence-electron chi connectivity index (χ4n) is 2.44. The molecule has 0 aliphatic rings. The number of hydrogen-bond donors (Lipinski definition) is 3. The average molecular weight is 437 g/mol. The van der Waals surface area contributed by atoms with Crippen LogP contribution in [0, 0.1) is 0 Å². The molecule has 0 heterocycles. The van der Waals surface area contributed by atoms with E-state index in [1.54, 1.807) is 20.8 Å². The molecule has 0 atom stereocenters. The Morgan fingerprint density at radius 2 is 1.42 bits per heavy atom. The molecule has 3 amide bonds. The maximum atomic E-state index is 13.1. The van der Waals surface area contributed by atoms with Crippen molar-refractivity contribution in [2.45, 2.75) is 32.5 Å². The summed E-state index contributed by atoms with van der Waals surface area (Å²) in [6.07, 6.45) is -5.39. The molecule has 0 unspecified atom stereocenters. The van der Waals surface area contributed by atoms with Gasteiger partial charge in [-0.15, -0.1) is 0 Å². The van der Waals surface area contributed by atoms with Crippen LogP contribution in [0.4, 0.5) is 29.3 Å². The molecular weight excluding hydrogens is 415 g/mol. The number of alkyl halides is 3. The van der Waals surface area contributed by atoms with E-state index in [0.717, 1.165) is 12.1 Å². The molecule has 2 aromatic carbocycles. The van der Waals surface area contributed by atoms with Gasteiger partial charge in [-0.2, -0.15) is 13.2 Å². The maximum absolute atomic E-state index is 13.1. The van der Waals surface area contributed by atoms with E-state index in [4.69, 9.17) is 4.74 Å². The number of benzene rings is 2. The van der Waals surface area contributed by atoms with Crippen molar-refractivity contribution in [2.75, 3.05) is 17.2 Å². The van der Waals surface area contributed by atoms with Crippen molar-refractivity contribution in [2.24, 2.45) is 0 Å². The Morgan fingerprint density at radius 3 is 1.97 bits per heavy atom. The van der Waals surface area contributed by atoms with Crippen LogP contribution in [0.2, 0.25) is 0 Å². The number of halogens is 3. The molecule has 0 aromatic heterocycles. The van der Waals surface area contributed by atoms with Crippen LogP contribution in [0.3, 0.4) is 0 Å². The zero-order chi connectivity index (χ0) is 23.2. The second-order valence-corrected chi connectivity index (χ2v) is 7.48. The number of ether oxygens (including phenoxy) is 1. The first kappa shape index (κ1) is 23.7. The number of rotatable bonds is 5. The van der Waals surface area contributed by atoms with Gasteiger partial charge >= 0.3 is 12.3 Å². The Hall–Kier alpha value is -3.56. The fourth-order valence-corrected chi connectivity index (χ4v) is 2.44. The van der Waals surface area contributed by atoms with Crippen LogP contribution >= 0.6 is 0 Å². The van der Waals surface area contributed by atoms with Crippen LogP contribution in [0.15, 0.2) is 48.5 Å². The van der Waals surface area contributed by atoms with Crippen LogP contribution in [0.5, 0.6) is 0 Å². The van der Waals surface area contributed by atoms with Crippen molar-refractivity contribution >= 4 is 29.3 Å². The molecule has 10 heteroatoms. The van der Waals surface area contributed by atoms with Crippen molar-refractivity contribution in [3.05, 3.63) is 59.7 Å². The molecule has 0 spiro atoms. The van der Waals surface area contributed by atoms with E-state index in [2.05, 4.69) is 16.0 Å². The van der Waals surface area contributed by atoms with Gasteiger partial charge < -0.3 is 20.7 Å². The van der Waals surface area contributed by atoms with Crippen molar-refractivity contribution in [1.82, 2.24) is 5.32 Å². The number of alkyl carbamates (subject to hydrolysis) is 1. The molecule has 2 aromatic rings. The normalized spacial score (nSPS) is 11.4. The van der Waals surface area contributed by atoms with Crippen molar-refractivity contribution in [3.63, 3.8) is 0 Å². The van der Waals surface area contributed by atoms with E-state index in [9.17, 15) is 27.6 Å². The van der Waals surface area contributed by atoms with Crippen LogP contribution < -0.4 is 16.0 Å². The van der Waals surface area contributed by atoms with Crippen molar-refractivity contribution < 1.29 is 32.3 Å². The second-order valence-electron chi connectivity index (χ2n) is 7.48. The lowest BCUT2D eigenvalue weighted by Crippen LogP contribution is -2.37. The van der Waals surface area contributed by atoms with E-state index < -0.39 is 40.8 Å². The minimum atomic E-state index is -4.66. The van der Waals surface area contributed by atoms with Gasteiger partial charge in [0.2, 0.25) is 5.91 Å². The summed E-state index contributed by atoms with van der Waals surface area (Å²) in [5.41, 5.74) is -1.62. The first-order chi connectivity index (χ1) is 14.3. The lowest BCUT2D eigenvalue weighted by molar-refractivity contribution is -0.137. The predicted octanol–water partition coefficient (Wildman–Crippen LogP) is 4.42. The highest BCUT2D eigenvalue weighted by molar-refractivity contribution is 6.05. The number of carbonyl (C=O) groups is 3. The molecule has 0 fully saturated rings. The predicted molar refractivity (Wildman–Crippen MR) is 109 cm³/mol. The highest BCUT2D eigenvalue weighted by atomic mass is 19.4. The minimum Gasteiger partial charge on any atom is -0.444 e. The van der Waals surface area contributed by atoms with Crippen molar-refractivity contribution in [3.8, 4) is 0 Å². The highest BCUT2D eigenvalue weighted by Crippen LogP contribution is 2.32. The molecule has 31 heavy (non-hydrogen) atoms. The molecule has 0 bridgehead atoms. The zero-order valence-electron chi connectivity index (χ0n) is 17.1. The Bertz CT molecular complexity index is 952. The summed E-state index contributed by atoms with van der Waals surface area (Å²) in [6.45, 7) is 4.75. The van der Waals surface area contributed by atoms with Gasteiger partial charge in [-0.05, 0) is 57.2 Å². The molecular formula is C21H22F3N3O4. The van der Waals surface area contributed by atoms with E-state index in [0.29, 0.717) is 5.69 Å². The molecule has 0 aliphatic heterocycles. The Kier molecular flexibility index (Phi) is 7.27. The first-order valence-electron chi connectivity index (χ1n) is 9.19. The highest BCUT2D eigenvalue weighted by Gasteiger charge is 2.34. The van der Waals surface area contributed by atoms with Crippen LogP contribution in [-0.2, 0) is 15.7 Å². The zero-order valence-corrected chi connectivity index (χ0v) is 17.1. The molecule has 3 N–H and O–H groups in total.